The number of aryl methyl sites for hydroxylation is 1. The molecule has 0 saturated heterocycles. The van der Waals surface area contributed by atoms with Crippen molar-refractivity contribution in [3.63, 3.8) is 0 Å². The molecule has 0 fully saturated rings. The van der Waals surface area contributed by atoms with E-state index in [1.54, 1.807) is 6.20 Å². The van der Waals surface area contributed by atoms with Crippen molar-refractivity contribution in [2.24, 2.45) is 0 Å². The van der Waals surface area contributed by atoms with Gasteiger partial charge in [0.25, 0.3) is 0 Å². The second kappa shape index (κ2) is 5.86. The summed E-state index contributed by atoms with van der Waals surface area (Å²) in [5.74, 6) is 1.02. The first kappa shape index (κ1) is 13.6. The van der Waals surface area contributed by atoms with E-state index in [1.165, 1.54) is 17.3 Å². The minimum atomic E-state index is 0.321. The third-order valence-electron chi connectivity index (χ3n) is 2.14. The number of thioether (sulfide) groups is 1. The summed E-state index contributed by atoms with van der Waals surface area (Å²) in [6.45, 7) is 2.03. The first-order valence-electron chi connectivity index (χ1n) is 5.09. The van der Waals surface area contributed by atoms with E-state index in [2.05, 4.69) is 30.9 Å². The monoisotopic (exact) mass is 344 g/mol. The molecule has 0 saturated carbocycles. The maximum Gasteiger partial charge on any atom is 0.191 e. The fourth-order valence-corrected chi connectivity index (χ4v) is 2.45. The Kier molecular flexibility index (Phi) is 4.42. The summed E-state index contributed by atoms with van der Waals surface area (Å²) >= 11 is 10.6. The second-order valence-corrected chi connectivity index (χ2v) is 5.70. The molecule has 0 spiro atoms. The molecule has 0 atom stereocenters. The first-order chi connectivity index (χ1) is 8.56. The molecule has 2 rings (SSSR count). The number of halogens is 2. The van der Waals surface area contributed by atoms with Crippen LogP contribution in [0.2, 0.25) is 5.15 Å². The van der Waals surface area contributed by atoms with E-state index in [0.717, 1.165) is 5.69 Å². The zero-order valence-electron chi connectivity index (χ0n) is 9.52. The Bertz CT molecular complexity index is 556. The summed E-state index contributed by atoms with van der Waals surface area (Å²) in [6.07, 6.45) is 1.79. The number of rotatable bonds is 3. The lowest BCUT2D eigenvalue weighted by Crippen LogP contribution is -1.97. The lowest BCUT2D eigenvalue weighted by atomic mass is 10.3. The Labute approximate surface area is 123 Å². The van der Waals surface area contributed by atoms with Gasteiger partial charge in [-0.3, -0.25) is 4.98 Å². The Hall–Kier alpha value is -0.850. The number of nitrogens with zero attached hydrogens (tertiary/aromatic N) is 3. The molecular formula is C11H10BrClN4S. The minimum absolute atomic E-state index is 0.321. The highest BCUT2D eigenvalue weighted by Gasteiger charge is 2.09. The summed E-state index contributed by atoms with van der Waals surface area (Å²) in [5.41, 5.74) is 7.85. The van der Waals surface area contributed by atoms with Gasteiger partial charge in [-0.05, 0) is 40.5 Å². The van der Waals surface area contributed by atoms with Crippen LogP contribution in [0.3, 0.4) is 0 Å². The Morgan fingerprint density at radius 1 is 1.44 bits per heavy atom. The van der Waals surface area contributed by atoms with Crippen molar-refractivity contribution in [1.29, 1.82) is 0 Å². The van der Waals surface area contributed by atoms with Crippen molar-refractivity contribution in [1.82, 2.24) is 15.0 Å². The molecule has 0 aliphatic heterocycles. The van der Waals surface area contributed by atoms with Gasteiger partial charge in [0.2, 0.25) is 0 Å². The van der Waals surface area contributed by atoms with Gasteiger partial charge < -0.3 is 5.73 Å². The lowest BCUT2D eigenvalue weighted by molar-refractivity contribution is 0.966. The third kappa shape index (κ3) is 3.34. The number of nitrogens with two attached hydrogens (primary N) is 1. The van der Waals surface area contributed by atoms with Crippen molar-refractivity contribution in [3.05, 3.63) is 39.2 Å². The molecule has 94 valence electrons. The second-order valence-electron chi connectivity index (χ2n) is 3.61. The van der Waals surface area contributed by atoms with Crippen molar-refractivity contribution in [2.45, 2.75) is 17.8 Å². The molecule has 18 heavy (non-hydrogen) atoms. The molecule has 0 aliphatic rings. The van der Waals surface area contributed by atoms with E-state index in [9.17, 15) is 0 Å². The molecular weight excluding hydrogens is 336 g/mol. The summed E-state index contributed by atoms with van der Waals surface area (Å²) in [4.78, 5) is 12.5. The van der Waals surface area contributed by atoms with E-state index >= 15 is 0 Å². The lowest BCUT2D eigenvalue weighted by Gasteiger charge is -2.04. The molecule has 2 aromatic rings. The molecule has 2 aromatic heterocycles. The van der Waals surface area contributed by atoms with Gasteiger partial charge >= 0.3 is 0 Å². The summed E-state index contributed by atoms with van der Waals surface area (Å²) < 4.78 is 0.530. The van der Waals surface area contributed by atoms with Crippen molar-refractivity contribution < 1.29 is 0 Å². The number of anilines is 1. The van der Waals surface area contributed by atoms with Gasteiger partial charge in [-0.2, -0.15) is 0 Å². The van der Waals surface area contributed by atoms with E-state index in [0.29, 0.717) is 26.4 Å². The smallest absolute Gasteiger partial charge is 0.191 e. The van der Waals surface area contributed by atoms with Crippen LogP contribution in [0, 0.1) is 6.92 Å². The summed E-state index contributed by atoms with van der Waals surface area (Å²) in [7, 11) is 0. The molecule has 0 aromatic carbocycles. The fourth-order valence-electron chi connectivity index (χ4n) is 1.30. The average molecular weight is 346 g/mol. The van der Waals surface area contributed by atoms with Gasteiger partial charge in [0.1, 0.15) is 11.0 Å². The zero-order chi connectivity index (χ0) is 13.1. The normalized spacial score (nSPS) is 10.6. The quantitative estimate of drug-likeness (QED) is 0.524. The number of pyridine rings is 1. The van der Waals surface area contributed by atoms with Crippen LogP contribution in [-0.4, -0.2) is 15.0 Å². The van der Waals surface area contributed by atoms with Crippen LogP contribution in [0.4, 0.5) is 5.82 Å². The van der Waals surface area contributed by atoms with E-state index in [4.69, 9.17) is 17.3 Å². The van der Waals surface area contributed by atoms with Crippen LogP contribution in [0.15, 0.2) is 28.0 Å². The van der Waals surface area contributed by atoms with Crippen LogP contribution in [0.5, 0.6) is 0 Å². The molecule has 0 amide bonds. The van der Waals surface area contributed by atoms with Gasteiger partial charge in [-0.1, -0.05) is 23.4 Å². The molecule has 7 heteroatoms. The van der Waals surface area contributed by atoms with Crippen LogP contribution in [-0.2, 0) is 5.75 Å². The molecule has 2 N–H and O–H groups in total. The Morgan fingerprint density at radius 3 is 2.89 bits per heavy atom. The molecule has 4 nitrogen and oxygen atoms in total. The maximum absolute atomic E-state index is 5.92. The number of hydrogen-bond acceptors (Lipinski definition) is 5. The van der Waals surface area contributed by atoms with Crippen LogP contribution in [0.1, 0.15) is 11.3 Å². The summed E-state index contributed by atoms with van der Waals surface area (Å²) in [6, 6.07) is 3.98. The highest BCUT2D eigenvalue weighted by atomic mass is 79.9. The topological polar surface area (TPSA) is 64.7 Å². The number of aromatic nitrogens is 3. The standard InChI is InChI=1S/C11H10BrClN4S/c1-6-2-3-15-7(4-6)5-18-11-16-9(13)8(12)10(14)17-11/h2-4H,5H2,1H3,(H2,14,16,17). The Morgan fingerprint density at radius 2 is 2.22 bits per heavy atom. The van der Waals surface area contributed by atoms with Crippen molar-refractivity contribution >= 4 is 45.1 Å². The van der Waals surface area contributed by atoms with E-state index < -0.39 is 0 Å². The summed E-state index contributed by atoms with van der Waals surface area (Å²) in [5, 5.41) is 0.867. The zero-order valence-corrected chi connectivity index (χ0v) is 12.7. The minimum Gasteiger partial charge on any atom is -0.383 e. The predicted molar refractivity (Wildman–Crippen MR) is 77.7 cm³/mol. The van der Waals surface area contributed by atoms with Crippen LogP contribution in [0.25, 0.3) is 0 Å². The maximum atomic E-state index is 5.92. The van der Waals surface area contributed by atoms with E-state index in [1.807, 2.05) is 19.1 Å². The van der Waals surface area contributed by atoms with Gasteiger partial charge in [0.05, 0.1) is 10.2 Å². The molecule has 0 radical (unpaired) electrons. The third-order valence-corrected chi connectivity index (χ3v) is 4.30. The average Bonchev–Trinajstić information content (AvgIpc) is 2.33. The molecule has 0 unspecified atom stereocenters. The first-order valence-corrected chi connectivity index (χ1v) is 7.25. The highest BCUT2D eigenvalue weighted by molar-refractivity contribution is 9.10. The Balaban J connectivity index is 2.11. The highest BCUT2D eigenvalue weighted by Crippen LogP contribution is 2.28. The van der Waals surface area contributed by atoms with Gasteiger partial charge in [0.15, 0.2) is 5.16 Å². The number of nitrogen functional groups attached to an aromatic ring is 1. The largest absolute Gasteiger partial charge is 0.383 e. The van der Waals surface area contributed by atoms with Gasteiger partial charge in [0, 0.05) is 11.9 Å². The van der Waals surface area contributed by atoms with Crippen LogP contribution < -0.4 is 5.73 Å². The van der Waals surface area contributed by atoms with Crippen molar-refractivity contribution in [3.8, 4) is 0 Å². The van der Waals surface area contributed by atoms with Crippen molar-refractivity contribution in [2.75, 3.05) is 5.73 Å². The van der Waals surface area contributed by atoms with Gasteiger partial charge in [-0.25, -0.2) is 9.97 Å². The van der Waals surface area contributed by atoms with Gasteiger partial charge in [-0.15, -0.1) is 0 Å². The molecule has 2 heterocycles. The van der Waals surface area contributed by atoms with E-state index in [-0.39, 0.29) is 0 Å². The molecule has 0 bridgehead atoms. The van der Waals surface area contributed by atoms with Crippen LogP contribution >= 0.6 is 39.3 Å². The SMILES string of the molecule is Cc1ccnc(CSc2nc(N)c(Br)c(Cl)n2)c1. The predicted octanol–water partition coefficient (Wildman–Crippen LogP) is 3.47. The number of hydrogen-bond donors (Lipinski definition) is 1. The molecule has 0 aliphatic carbocycles. The fraction of sp³-hybridized carbons (Fsp3) is 0.182.